The van der Waals surface area contributed by atoms with Crippen molar-refractivity contribution in [1.82, 2.24) is 10.6 Å². The molecule has 0 aromatic rings. The topological polar surface area (TPSA) is 47.9 Å². The molecule has 15 heavy (non-hydrogen) atoms. The number of piperidine rings is 2. The number of rotatable bonds is 2. The molecular formula is C12H21N3. The fourth-order valence-electron chi connectivity index (χ4n) is 2.83. The monoisotopic (exact) mass is 207 g/mol. The lowest BCUT2D eigenvalue weighted by Crippen LogP contribution is -2.50. The predicted octanol–water partition coefficient (Wildman–Crippen LogP) is 1.41. The largest absolute Gasteiger partial charge is 0.313 e. The first-order valence-electron chi connectivity index (χ1n) is 6.28. The van der Waals surface area contributed by atoms with E-state index in [0.717, 1.165) is 13.1 Å². The average molecular weight is 207 g/mol. The van der Waals surface area contributed by atoms with Gasteiger partial charge in [-0.15, -0.1) is 0 Å². The summed E-state index contributed by atoms with van der Waals surface area (Å²) in [5.74, 6) is 0.172. The van der Waals surface area contributed by atoms with Crippen LogP contribution < -0.4 is 10.6 Å². The van der Waals surface area contributed by atoms with Crippen molar-refractivity contribution in [1.29, 1.82) is 5.26 Å². The summed E-state index contributed by atoms with van der Waals surface area (Å²) in [4.78, 5) is 0. The normalized spacial score (nSPS) is 34.3. The summed E-state index contributed by atoms with van der Waals surface area (Å²) >= 11 is 0. The van der Waals surface area contributed by atoms with Gasteiger partial charge >= 0.3 is 0 Å². The minimum Gasteiger partial charge on any atom is -0.313 e. The molecule has 0 aromatic carbocycles. The zero-order valence-corrected chi connectivity index (χ0v) is 9.34. The Bertz CT molecular complexity index is 204. The molecule has 2 aliphatic heterocycles. The molecule has 0 amide bonds. The van der Waals surface area contributed by atoms with Gasteiger partial charge in [-0.05, 0) is 38.8 Å². The average Bonchev–Trinajstić information content (AvgIpc) is 2.33. The number of nitrogens with one attached hydrogen (secondary N) is 2. The fourth-order valence-corrected chi connectivity index (χ4v) is 2.83. The van der Waals surface area contributed by atoms with E-state index in [1.807, 2.05) is 0 Å². The van der Waals surface area contributed by atoms with Crippen LogP contribution in [-0.2, 0) is 0 Å². The van der Waals surface area contributed by atoms with E-state index in [1.165, 1.54) is 38.5 Å². The van der Waals surface area contributed by atoms with Crippen molar-refractivity contribution < 1.29 is 0 Å². The molecule has 3 nitrogen and oxygen atoms in total. The Hall–Kier alpha value is -0.590. The maximum Gasteiger partial charge on any atom is 0.0769 e. The van der Waals surface area contributed by atoms with E-state index in [0.29, 0.717) is 12.1 Å². The highest BCUT2D eigenvalue weighted by Crippen LogP contribution is 2.22. The second-order valence-electron chi connectivity index (χ2n) is 4.77. The number of nitrogens with zero attached hydrogens (tertiary/aromatic N) is 1. The van der Waals surface area contributed by atoms with E-state index in [9.17, 15) is 5.26 Å². The summed E-state index contributed by atoms with van der Waals surface area (Å²) in [6.45, 7) is 2.19. The highest BCUT2D eigenvalue weighted by Gasteiger charge is 2.30. The summed E-state index contributed by atoms with van der Waals surface area (Å²) in [6.07, 6.45) is 7.46. The minimum absolute atomic E-state index is 0.172. The van der Waals surface area contributed by atoms with E-state index in [1.54, 1.807) is 0 Å². The molecule has 84 valence electrons. The van der Waals surface area contributed by atoms with Crippen molar-refractivity contribution in [3.63, 3.8) is 0 Å². The smallest absolute Gasteiger partial charge is 0.0769 e. The van der Waals surface area contributed by atoms with Gasteiger partial charge in [-0.2, -0.15) is 5.26 Å². The summed E-state index contributed by atoms with van der Waals surface area (Å²) < 4.78 is 0. The van der Waals surface area contributed by atoms with Gasteiger partial charge in [0.1, 0.15) is 0 Å². The maximum atomic E-state index is 9.30. The van der Waals surface area contributed by atoms with Crippen LogP contribution in [0.25, 0.3) is 0 Å². The van der Waals surface area contributed by atoms with Gasteiger partial charge in [-0.25, -0.2) is 0 Å². The van der Waals surface area contributed by atoms with Gasteiger partial charge in [0.15, 0.2) is 0 Å². The molecule has 0 saturated carbocycles. The molecule has 2 unspecified atom stereocenters. The first-order valence-corrected chi connectivity index (χ1v) is 6.28. The quantitative estimate of drug-likeness (QED) is 0.720. The zero-order valence-electron chi connectivity index (χ0n) is 9.34. The van der Waals surface area contributed by atoms with Crippen LogP contribution in [0.2, 0.25) is 0 Å². The van der Waals surface area contributed by atoms with E-state index in [-0.39, 0.29) is 5.92 Å². The molecule has 0 aromatic heterocycles. The van der Waals surface area contributed by atoms with Gasteiger partial charge < -0.3 is 10.6 Å². The number of hydrogen-bond acceptors (Lipinski definition) is 3. The lowest BCUT2D eigenvalue weighted by atomic mass is 9.84. The van der Waals surface area contributed by atoms with Gasteiger partial charge in [-0.1, -0.05) is 12.8 Å². The highest BCUT2D eigenvalue weighted by atomic mass is 15.0. The fraction of sp³-hybridized carbons (Fsp3) is 0.917. The second-order valence-corrected chi connectivity index (χ2v) is 4.77. The van der Waals surface area contributed by atoms with Crippen LogP contribution in [-0.4, -0.2) is 25.2 Å². The Morgan fingerprint density at radius 2 is 1.47 bits per heavy atom. The molecule has 0 spiro atoms. The molecule has 0 radical (unpaired) electrons. The van der Waals surface area contributed by atoms with Gasteiger partial charge in [-0.3, -0.25) is 0 Å². The van der Waals surface area contributed by atoms with E-state index >= 15 is 0 Å². The lowest BCUT2D eigenvalue weighted by molar-refractivity contribution is 0.251. The molecule has 3 heteroatoms. The van der Waals surface area contributed by atoms with Crippen LogP contribution in [0.5, 0.6) is 0 Å². The Labute approximate surface area is 92.2 Å². The van der Waals surface area contributed by atoms with Crippen molar-refractivity contribution in [2.24, 2.45) is 5.92 Å². The zero-order chi connectivity index (χ0) is 10.5. The predicted molar refractivity (Wildman–Crippen MR) is 60.4 cm³/mol. The summed E-state index contributed by atoms with van der Waals surface area (Å²) in [5, 5.41) is 16.3. The van der Waals surface area contributed by atoms with Crippen LogP contribution in [0.15, 0.2) is 0 Å². The number of hydrogen-bond donors (Lipinski definition) is 2. The molecule has 0 bridgehead atoms. The third-order valence-corrected chi connectivity index (χ3v) is 3.71. The molecule has 2 atom stereocenters. The standard InChI is InChI=1S/C12H21N3/c13-9-10(11-5-1-3-7-14-11)12-6-2-4-8-15-12/h10-12,14-15H,1-8H2. The van der Waals surface area contributed by atoms with Crippen LogP contribution in [0.1, 0.15) is 38.5 Å². The Morgan fingerprint density at radius 3 is 1.80 bits per heavy atom. The molecule has 2 saturated heterocycles. The van der Waals surface area contributed by atoms with Gasteiger partial charge in [0, 0.05) is 12.1 Å². The molecule has 2 fully saturated rings. The first kappa shape index (κ1) is 10.9. The van der Waals surface area contributed by atoms with Crippen LogP contribution in [0, 0.1) is 17.2 Å². The first-order chi connectivity index (χ1) is 7.42. The van der Waals surface area contributed by atoms with Crippen molar-refractivity contribution in [2.45, 2.75) is 50.6 Å². The van der Waals surface area contributed by atoms with Crippen molar-refractivity contribution in [3.8, 4) is 6.07 Å². The van der Waals surface area contributed by atoms with E-state index in [2.05, 4.69) is 16.7 Å². The van der Waals surface area contributed by atoms with Gasteiger partial charge in [0.25, 0.3) is 0 Å². The van der Waals surface area contributed by atoms with E-state index < -0.39 is 0 Å². The highest BCUT2D eigenvalue weighted by molar-refractivity contribution is 5.01. The second kappa shape index (κ2) is 5.48. The Kier molecular flexibility index (Phi) is 3.99. The summed E-state index contributed by atoms with van der Waals surface area (Å²) in [7, 11) is 0. The summed E-state index contributed by atoms with van der Waals surface area (Å²) in [6, 6.07) is 3.38. The summed E-state index contributed by atoms with van der Waals surface area (Å²) in [5.41, 5.74) is 0. The molecule has 2 aliphatic rings. The molecule has 2 N–H and O–H groups in total. The van der Waals surface area contributed by atoms with Crippen molar-refractivity contribution >= 4 is 0 Å². The van der Waals surface area contributed by atoms with Crippen molar-refractivity contribution in [2.75, 3.05) is 13.1 Å². The Morgan fingerprint density at radius 1 is 0.933 bits per heavy atom. The molecule has 0 aliphatic carbocycles. The van der Waals surface area contributed by atoms with Gasteiger partial charge in [0.05, 0.1) is 12.0 Å². The van der Waals surface area contributed by atoms with Crippen molar-refractivity contribution in [3.05, 3.63) is 0 Å². The third-order valence-electron chi connectivity index (χ3n) is 3.71. The van der Waals surface area contributed by atoms with Crippen LogP contribution in [0.4, 0.5) is 0 Å². The third kappa shape index (κ3) is 2.70. The van der Waals surface area contributed by atoms with Crippen LogP contribution in [0.3, 0.4) is 0 Å². The molecular weight excluding hydrogens is 186 g/mol. The molecule has 2 rings (SSSR count). The minimum atomic E-state index is 0.172. The molecule has 2 heterocycles. The number of nitriles is 1. The maximum absolute atomic E-state index is 9.30. The van der Waals surface area contributed by atoms with Gasteiger partial charge in [0.2, 0.25) is 0 Å². The van der Waals surface area contributed by atoms with E-state index in [4.69, 9.17) is 0 Å². The lowest BCUT2D eigenvalue weighted by Gasteiger charge is -2.34. The Balaban J connectivity index is 1.92. The van der Waals surface area contributed by atoms with Crippen LogP contribution >= 0.6 is 0 Å². The SMILES string of the molecule is N#CC(C1CCCCN1)C1CCCCN1.